The molecule has 0 aliphatic rings. The first kappa shape index (κ1) is 19.8. The van der Waals surface area contributed by atoms with Gasteiger partial charge in [-0.25, -0.2) is 0 Å². The zero-order valence-corrected chi connectivity index (χ0v) is 14.9. The summed E-state index contributed by atoms with van der Waals surface area (Å²) in [6, 6.07) is 3.88. The van der Waals surface area contributed by atoms with E-state index in [1.54, 1.807) is 5.32 Å². The predicted molar refractivity (Wildman–Crippen MR) is 86.4 cm³/mol. The van der Waals surface area contributed by atoms with Gasteiger partial charge in [0.15, 0.2) is 0 Å². The van der Waals surface area contributed by atoms with Crippen LogP contribution in [0.2, 0.25) is 0 Å². The summed E-state index contributed by atoms with van der Waals surface area (Å²) in [6.07, 6.45) is -4.47. The molecule has 128 valence electrons. The van der Waals surface area contributed by atoms with Crippen LogP contribution in [0.25, 0.3) is 0 Å². The normalized spacial score (nSPS) is 11.2. The first-order valence-corrected chi connectivity index (χ1v) is 8.36. The molecule has 23 heavy (non-hydrogen) atoms. The van der Waals surface area contributed by atoms with Crippen molar-refractivity contribution in [3.63, 3.8) is 0 Å². The van der Waals surface area contributed by atoms with Crippen molar-refractivity contribution in [2.45, 2.75) is 24.9 Å². The number of aryl methyl sites for hydroxylation is 2. The van der Waals surface area contributed by atoms with Gasteiger partial charge in [-0.15, -0.1) is 11.8 Å². The molecule has 2 amide bonds. The Balaban J connectivity index is 2.38. The Labute approximate surface area is 144 Å². The Bertz CT molecular complexity index is 594. The van der Waals surface area contributed by atoms with E-state index in [0.29, 0.717) is 0 Å². The molecule has 0 spiro atoms. The summed E-state index contributed by atoms with van der Waals surface area (Å²) in [4.78, 5) is 23.7. The van der Waals surface area contributed by atoms with Crippen molar-refractivity contribution in [2.75, 3.05) is 18.8 Å². The number of halogens is 4. The van der Waals surface area contributed by atoms with E-state index in [1.165, 1.54) is 11.8 Å². The van der Waals surface area contributed by atoms with Gasteiger partial charge in [-0.3, -0.25) is 9.59 Å². The van der Waals surface area contributed by atoms with Gasteiger partial charge in [0.25, 0.3) is 0 Å². The third-order valence-corrected chi connectivity index (χ3v) is 4.76. The van der Waals surface area contributed by atoms with Crippen LogP contribution in [0.3, 0.4) is 0 Å². The largest absolute Gasteiger partial charge is 0.405 e. The van der Waals surface area contributed by atoms with Crippen LogP contribution < -0.4 is 10.6 Å². The second kappa shape index (κ2) is 8.58. The molecule has 0 aliphatic carbocycles. The van der Waals surface area contributed by atoms with Gasteiger partial charge in [0.2, 0.25) is 11.8 Å². The Hall–Kier alpha value is -1.22. The van der Waals surface area contributed by atoms with E-state index in [2.05, 4.69) is 21.2 Å². The lowest BCUT2D eigenvalue weighted by molar-refractivity contribution is -0.138. The Morgan fingerprint density at radius 2 is 1.78 bits per heavy atom. The summed E-state index contributed by atoms with van der Waals surface area (Å²) >= 11 is 4.72. The first-order chi connectivity index (χ1) is 10.6. The van der Waals surface area contributed by atoms with Crippen molar-refractivity contribution in [2.24, 2.45) is 0 Å². The van der Waals surface area contributed by atoms with Gasteiger partial charge >= 0.3 is 6.18 Å². The average molecular weight is 413 g/mol. The van der Waals surface area contributed by atoms with Gasteiger partial charge < -0.3 is 10.6 Å². The molecule has 0 bridgehead atoms. The van der Waals surface area contributed by atoms with Crippen molar-refractivity contribution in [3.05, 3.63) is 27.7 Å². The van der Waals surface area contributed by atoms with Crippen LogP contribution in [0.1, 0.15) is 11.1 Å². The van der Waals surface area contributed by atoms with Crippen molar-refractivity contribution in [1.82, 2.24) is 10.6 Å². The molecule has 0 radical (unpaired) electrons. The van der Waals surface area contributed by atoms with Crippen LogP contribution >= 0.6 is 27.7 Å². The standard InChI is InChI=1S/C14H16BrF3N2O2S/c1-8-4-11(9(2)3-10(8)15)23-6-13(22)19-5-12(21)20-7-14(16,17)18/h3-4H,5-7H2,1-2H3,(H,19,22)(H,20,21). The molecule has 0 aliphatic heterocycles. The second-order valence-electron chi connectivity index (χ2n) is 4.82. The molecule has 0 saturated carbocycles. The fraction of sp³-hybridized carbons (Fsp3) is 0.429. The van der Waals surface area contributed by atoms with Gasteiger partial charge in [-0.1, -0.05) is 15.9 Å². The van der Waals surface area contributed by atoms with Crippen molar-refractivity contribution >= 4 is 39.5 Å². The smallest absolute Gasteiger partial charge is 0.346 e. The molecule has 9 heteroatoms. The Morgan fingerprint density at radius 3 is 2.39 bits per heavy atom. The molecule has 1 aromatic carbocycles. The quantitative estimate of drug-likeness (QED) is 0.706. The predicted octanol–water partition coefficient (Wildman–Crippen LogP) is 2.95. The van der Waals surface area contributed by atoms with E-state index in [9.17, 15) is 22.8 Å². The minimum Gasteiger partial charge on any atom is -0.346 e. The number of carbonyl (C=O) groups excluding carboxylic acids is 2. The average Bonchev–Trinajstić information content (AvgIpc) is 2.44. The van der Waals surface area contributed by atoms with Crippen LogP contribution in [0.5, 0.6) is 0 Å². The SMILES string of the molecule is Cc1cc(SCC(=O)NCC(=O)NCC(F)(F)F)c(C)cc1Br. The summed E-state index contributed by atoms with van der Waals surface area (Å²) in [5, 5.41) is 3.97. The maximum atomic E-state index is 11.9. The first-order valence-electron chi connectivity index (χ1n) is 6.58. The van der Waals surface area contributed by atoms with E-state index < -0.39 is 31.1 Å². The number of thioether (sulfide) groups is 1. The van der Waals surface area contributed by atoms with Gasteiger partial charge in [0.05, 0.1) is 12.3 Å². The van der Waals surface area contributed by atoms with Crippen LogP contribution in [0.15, 0.2) is 21.5 Å². The topological polar surface area (TPSA) is 58.2 Å². The van der Waals surface area contributed by atoms with Crippen LogP contribution in [0, 0.1) is 13.8 Å². The molecule has 2 N–H and O–H groups in total. The molecule has 0 fully saturated rings. The van der Waals surface area contributed by atoms with Gasteiger partial charge in [0.1, 0.15) is 6.54 Å². The third kappa shape index (κ3) is 7.74. The van der Waals surface area contributed by atoms with E-state index in [-0.39, 0.29) is 5.75 Å². The zero-order valence-electron chi connectivity index (χ0n) is 12.5. The molecule has 0 aromatic heterocycles. The Morgan fingerprint density at radius 1 is 1.13 bits per heavy atom. The highest BCUT2D eigenvalue weighted by Gasteiger charge is 2.27. The molecule has 1 aromatic rings. The van der Waals surface area contributed by atoms with E-state index in [4.69, 9.17) is 0 Å². The van der Waals surface area contributed by atoms with Crippen molar-refractivity contribution < 1.29 is 22.8 Å². The molecule has 0 heterocycles. The number of rotatable bonds is 6. The van der Waals surface area contributed by atoms with E-state index in [0.717, 1.165) is 20.5 Å². The van der Waals surface area contributed by atoms with Gasteiger partial charge in [-0.2, -0.15) is 13.2 Å². The summed E-state index contributed by atoms with van der Waals surface area (Å²) in [7, 11) is 0. The van der Waals surface area contributed by atoms with Gasteiger partial charge in [0, 0.05) is 9.37 Å². The number of alkyl halides is 3. The summed E-state index contributed by atoms with van der Waals surface area (Å²) < 4.78 is 36.7. The highest BCUT2D eigenvalue weighted by Crippen LogP contribution is 2.28. The maximum absolute atomic E-state index is 11.9. The van der Waals surface area contributed by atoms with Crippen molar-refractivity contribution in [1.29, 1.82) is 0 Å². The Kier molecular flexibility index (Phi) is 7.40. The third-order valence-electron chi connectivity index (χ3n) is 2.75. The van der Waals surface area contributed by atoms with Crippen LogP contribution in [-0.4, -0.2) is 36.8 Å². The highest BCUT2D eigenvalue weighted by molar-refractivity contribution is 9.10. The van der Waals surface area contributed by atoms with E-state index >= 15 is 0 Å². The maximum Gasteiger partial charge on any atom is 0.405 e. The fourth-order valence-corrected chi connectivity index (χ4v) is 2.94. The lowest BCUT2D eigenvalue weighted by Crippen LogP contribution is -2.41. The molecule has 0 atom stereocenters. The highest BCUT2D eigenvalue weighted by atomic mass is 79.9. The number of hydrogen-bond donors (Lipinski definition) is 2. The number of benzene rings is 1. The summed E-state index contributed by atoms with van der Waals surface area (Å²) in [6.45, 7) is 1.95. The van der Waals surface area contributed by atoms with Gasteiger partial charge in [-0.05, 0) is 37.1 Å². The lowest BCUT2D eigenvalue weighted by Gasteiger charge is -2.10. The fourth-order valence-electron chi connectivity index (χ4n) is 1.54. The van der Waals surface area contributed by atoms with Crippen LogP contribution in [-0.2, 0) is 9.59 Å². The molecule has 1 rings (SSSR count). The van der Waals surface area contributed by atoms with Crippen LogP contribution in [0.4, 0.5) is 13.2 Å². The molecule has 0 unspecified atom stereocenters. The number of nitrogens with one attached hydrogen (secondary N) is 2. The molecule has 4 nitrogen and oxygen atoms in total. The van der Waals surface area contributed by atoms with E-state index in [1.807, 2.05) is 26.0 Å². The summed E-state index contributed by atoms with van der Waals surface area (Å²) in [5.74, 6) is -1.22. The summed E-state index contributed by atoms with van der Waals surface area (Å²) in [5.41, 5.74) is 2.04. The zero-order chi connectivity index (χ0) is 17.6. The number of amides is 2. The minimum atomic E-state index is -4.47. The molecular weight excluding hydrogens is 397 g/mol. The number of carbonyl (C=O) groups is 2. The molecule has 0 saturated heterocycles. The minimum absolute atomic E-state index is 0.0778. The second-order valence-corrected chi connectivity index (χ2v) is 6.70. The lowest BCUT2D eigenvalue weighted by atomic mass is 10.2. The number of hydrogen-bond acceptors (Lipinski definition) is 3. The molecular formula is C14H16BrF3N2O2S. The van der Waals surface area contributed by atoms with Crippen molar-refractivity contribution in [3.8, 4) is 0 Å². The monoisotopic (exact) mass is 412 g/mol.